The average Bonchev–Trinajstić information content (AvgIpc) is 2.79. The summed E-state index contributed by atoms with van der Waals surface area (Å²) in [4.78, 5) is 16.9. The van der Waals surface area contributed by atoms with Gasteiger partial charge in [0, 0.05) is 18.7 Å². The van der Waals surface area contributed by atoms with Crippen LogP contribution in [0.25, 0.3) is 0 Å². The first kappa shape index (κ1) is 24.7. The van der Waals surface area contributed by atoms with Gasteiger partial charge in [0.2, 0.25) is 5.91 Å². The minimum absolute atomic E-state index is 0.175. The zero-order valence-corrected chi connectivity index (χ0v) is 19.0. The van der Waals surface area contributed by atoms with Gasteiger partial charge in [-0.1, -0.05) is 59.6 Å². The largest absolute Gasteiger partial charge is 0.416 e. The van der Waals surface area contributed by atoms with Crippen LogP contribution in [0.2, 0.25) is 5.15 Å². The molecule has 0 bridgehead atoms. The van der Waals surface area contributed by atoms with Crippen LogP contribution in [-0.2, 0) is 11.0 Å². The molecule has 1 aromatic heterocycles. The van der Waals surface area contributed by atoms with Crippen molar-refractivity contribution in [1.82, 2.24) is 15.6 Å². The normalized spacial score (nSPS) is 13.4. The number of likely N-dealkylation sites (N-methyl/N-ethyl adjacent to an activating group) is 1. The molecule has 3 aromatic rings. The van der Waals surface area contributed by atoms with Crippen molar-refractivity contribution in [3.8, 4) is 0 Å². The summed E-state index contributed by atoms with van der Waals surface area (Å²) in [6.45, 7) is 2.39. The Labute approximate surface area is 196 Å². The highest BCUT2D eigenvalue weighted by Crippen LogP contribution is 2.33. The zero-order chi connectivity index (χ0) is 24.0. The number of alkyl halides is 3. The maximum Gasteiger partial charge on any atom is 0.416 e. The molecule has 2 atom stereocenters. The Bertz CT molecular complexity index is 1070. The number of carbonyl (C=O) groups excluding carboxylic acids is 1. The summed E-state index contributed by atoms with van der Waals surface area (Å²) < 4.78 is 39.0. The maximum atomic E-state index is 13.0. The summed E-state index contributed by atoms with van der Waals surface area (Å²) in [5.41, 5.74) is 2.54. The second-order valence-electron chi connectivity index (χ2n) is 7.76. The van der Waals surface area contributed by atoms with E-state index in [1.165, 1.54) is 12.1 Å². The minimum Gasteiger partial charge on any atom is -0.358 e. The number of rotatable bonds is 8. The van der Waals surface area contributed by atoms with E-state index in [-0.39, 0.29) is 11.8 Å². The van der Waals surface area contributed by atoms with Gasteiger partial charge in [0.05, 0.1) is 5.56 Å². The number of pyridine rings is 1. The number of benzene rings is 2. The fourth-order valence-corrected chi connectivity index (χ4v) is 3.82. The number of nitrogens with one attached hydrogen (secondary N) is 2. The SMILES string of the molecule is CNC(=O)[C@H](NCC[C@@H](c1ccc(C(F)(F)F)cc1)c1cccc(Cl)n1)c1ccc(C)cc1. The van der Waals surface area contributed by atoms with E-state index in [0.29, 0.717) is 29.4 Å². The van der Waals surface area contributed by atoms with Crippen LogP contribution in [0.15, 0.2) is 66.7 Å². The van der Waals surface area contributed by atoms with E-state index in [1.807, 2.05) is 31.2 Å². The van der Waals surface area contributed by atoms with Crippen molar-refractivity contribution in [3.63, 3.8) is 0 Å². The lowest BCUT2D eigenvalue weighted by molar-refractivity contribution is -0.137. The van der Waals surface area contributed by atoms with Crippen LogP contribution in [-0.4, -0.2) is 24.5 Å². The van der Waals surface area contributed by atoms with Gasteiger partial charge in [0.15, 0.2) is 0 Å². The van der Waals surface area contributed by atoms with Crippen LogP contribution in [0.1, 0.15) is 46.3 Å². The van der Waals surface area contributed by atoms with Gasteiger partial charge in [-0.25, -0.2) is 4.98 Å². The highest BCUT2D eigenvalue weighted by Gasteiger charge is 2.30. The first-order valence-corrected chi connectivity index (χ1v) is 10.9. The highest BCUT2D eigenvalue weighted by atomic mass is 35.5. The van der Waals surface area contributed by atoms with Crippen molar-refractivity contribution in [3.05, 3.63) is 99.8 Å². The fraction of sp³-hybridized carbons (Fsp3) is 0.280. The number of aryl methyl sites for hydroxylation is 1. The summed E-state index contributed by atoms with van der Waals surface area (Å²) >= 11 is 6.07. The van der Waals surface area contributed by atoms with E-state index in [0.717, 1.165) is 23.3 Å². The third kappa shape index (κ3) is 6.55. The molecule has 0 spiro atoms. The van der Waals surface area contributed by atoms with Crippen LogP contribution >= 0.6 is 11.6 Å². The minimum atomic E-state index is -4.40. The number of carbonyl (C=O) groups is 1. The summed E-state index contributed by atoms with van der Waals surface area (Å²) in [7, 11) is 1.58. The molecule has 0 saturated heterocycles. The van der Waals surface area contributed by atoms with Crippen molar-refractivity contribution >= 4 is 17.5 Å². The number of halogens is 4. The second-order valence-corrected chi connectivity index (χ2v) is 8.15. The number of amides is 1. The van der Waals surface area contributed by atoms with Crippen molar-refractivity contribution in [2.75, 3.05) is 13.6 Å². The fourth-order valence-electron chi connectivity index (χ4n) is 3.64. The van der Waals surface area contributed by atoms with Gasteiger partial charge in [-0.3, -0.25) is 4.79 Å². The summed E-state index contributed by atoms with van der Waals surface area (Å²) in [6, 6.07) is 17.4. The Morgan fingerprint density at radius 1 is 1.00 bits per heavy atom. The molecule has 0 fully saturated rings. The Kier molecular flexibility index (Phi) is 8.10. The van der Waals surface area contributed by atoms with Gasteiger partial charge in [0.25, 0.3) is 0 Å². The van der Waals surface area contributed by atoms with E-state index in [1.54, 1.807) is 25.2 Å². The number of aromatic nitrogens is 1. The second kappa shape index (κ2) is 10.8. The number of hydrogen-bond acceptors (Lipinski definition) is 3. The molecule has 2 aromatic carbocycles. The van der Waals surface area contributed by atoms with Crippen LogP contribution in [0.5, 0.6) is 0 Å². The van der Waals surface area contributed by atoms with Gasteiger partial charge >= 0.3 is 6.18 Å². The monoisotopic (exact) mass is 475 g/mol. The lowest BCUT2D eigenvalue weighted by Crippen LogP contribution is -2.36. The summed E-state index contributed by atoms with van der Waals surface area (Å²) in [5.74, 6) is -0.479. The van der Waals surface area contributed by atoms with Crippen LogP contribution in [0.4, 0.5) is 13.2 Å². The zero-order valence-electron chi connectivity index (χ0n) is 18.3. The van der Waals surface area contributed by atoms with Crippen molar-refractivity contribution < 1.29 is 18.0 Å². The number of nitrogens with zero attached hydrogens (tertiary/aromatic N) is 1. The molecule has 2 N–H and O–H groups in total. The summed E-state index contributed by atoms with van der Waals surface area (Å²) in [6.07, 6.45) is -3.91. The van der Waals surface area contributed by atoms with Crippen molar-refractivity contribution in [1.29, 1.82) is 0 Å². The molecule has 0 saturated carbocycles. The third-order valence-electron chi connectivity index (χ3n) is 5.43. The van der Waals surface area contributed by atoms with E-state index in [4.69, 9.17) is 11.6 Å². The predicted molar refractivity (Wildman–Crippen MR) is 123 cm³/mol. The van der Waals surface area contributed by atoms with Gasteiger partial charge in [-0.05, 0) is 55.3 Å². The average molecular weight is 476 g/mol. The molecular formula is C25H25ClF3N3O. The highest BCUT2D eigenvalue weighted by molar-refractivity contribution is 6.29. The molecular weight excluding hydrogens is 451 g/mol. The first-order chi connectivity index (χ1) is 15.7. The molecule has 8 heteroatoms. The van der Waals surface area contributed by atoms with Crippen LogP contribution < -0.4 is 10.6 Å². The van der Waals surface area contributed by atoms with E-state index < -0.39 is 17.8 Å². The molecule has 4 nitrogen and oxygen atoms in total. The molecule has 0 unspecified atom stereocenters. The smallest absolute Gasteiger partial charge is 0.358 e. The van der Waals surface area contributed by atoms with Gasteiger partial charge in [0.1, 0.15) is 11.2 Å². The van der Waals surface area contributed by atoms with Crippen LogP contribution in [0, 0.1) is 6.92 Å². The Morgan fingerprint density at radius 2 is 1.64 bits per heavy atom. The molecule has 0 aliphatic rings. The number of hydrogen-bond donors (Lipinski definition) is 2. The third-order valence-corrected chi connectivity index (χ3v) is 5.65. The Morgan fingerprint density at radius 3 is 2.21 bits per heavy atom. The standard InChI is InChI=1S/C25H25ClF3N3O/c1-16-6-8-18(9-7-16)23(24(33)30-2)31-15-14-20(21-4-3-5-22(26)32-21)17-10-12-19(13-11-17)25(27,28)29/h3-13,20,23,31H,14-15H2,1-2H3,(H,30,33)/t20-,23+/m0/s1. The molecule has 0 aliphatic carbocycles. The van der Waals surface area contributed by atoms with E-state index in [2.05, 4.69) is 15.6 Å². The van der Waals surface area contributed by atoms with E-state index >= 15 is 0 Å². The van der Waals surface area contributed by atoms with Gasteiger partial charge in [-0.15, -0.1) is 0 Å². The molecule has 1 amide bonds. The van der Waals surface area contributed by atoms with Gasteiger partial charge in [-0.2, -0.15) is 13.2 Å². The predicted octanol–water partition coefficient (Wildman–Crippen LogP) is 5.66. The van der Waals surface area contributed by atoms with Gasteiger partial charge < -0.3 is 10.6 Å². The molecule has 0 radical (unpaired) electrons. The quantitative estimate of drug-likeness (QED) is 0.413. The lowest BCUT2D eigenvalue weighted by Gasteiger charge is -2.22. The first-order valence-electron chi connectivity index (χ1n) is 10.5. The lowest BCUT2D eigenvalue weighted by atomic mass is 9.91. The topological polar surface area (TPSA) is 54.0 Å². The summed E-state index contributed by atoms with van der Waals surface area (Å²) in [5, 5.41) is 6.25. The van der Waals surface area contributed by atoms with Crippen molar-refractivity contribution in [2.24, 2.45) is 0 Å². The molecule has 3 rings (SSSR count). The van der Waals surface area contributed by atoms with Crippen LogP contribution in [0.3, 0.4) is 0 Å². The Hall–Kier alpha value is -2.90. The van der Waals surface area contributed by atoms with Crippen molar-refractivity contribution in [2.45, 2.75) is 31.5 Å². The molecule has 0 aliphatic heterocycles. The Balaban J connectivity index is 1.82. The van der Waals surface area contributed by atoms with E-state index in [9.17, 15) is 18.0 Å². The molecule has 1 heterocycles. The molecule has 174 valence electrons. The molecule has 33 heavy (non-hydrogen) atoms. The maximum absolute atomic E-state index is 13.0.